The molecule has 0 fully saturated rings. The fourth-order valence-electron chi connectivity index (χ4n) is 0.802. The minimum absolute atomic E-state index is 0.0722. The summed E-state index contributed by atoms with van der Waals surface area (Å²) in [5.74, 6) is 1.80. The molecule has 3 heteroatoms. The summed E-state index contributed by atoms with van der Waals surface area (Å²) in [6.07, 6.45) is 5.06. The van der Waals surface area contributed by atoms with Gasteiger partial charge in [0, 0.05) is 0 Å². The molecule has 1 atom stereocenters. The molecule has 0 saturated heterocycles. The number of hydrogen-bond acceptors (Lipinski definition) is 1. The van der Waals surface area contributed by atoms with Gasteiger partial charge in [0.15, 0.2) is 0 Å². The van der Waals surface area contributed by atoms with E-state index in [0.717, 1.165) is 0 Å². The largest absolute Gasteiger partial charge is 0.314 e. The van der Waals surface area contributed by atoms with Crippen molar-refractivity contribution in [2.45, 2.75) is 6.04 Å². The van der Waals surface area contributed by atoms with Gasteiger partial charge in [0.1, 0.15) is 5.82 Å². The second kappa shape index (κ2) is 3.57. The molecule has 0 aliphatic heterocycles. The highest BCUT2D eigenvalue weighted by Gasteiger charge is 2.05. The Morgan fingerprint density at radius 3 is 2.75 bits per heavy atom. The van der Waals surface area contributed by atoms with Gasteiger partial charge in [0.25, 0.3) is 0 Å². The van der Waals surface area contributed by atoms with Crippen molar-refractivity contribution < 1.29 is 4.39 Å². The minimum Gasteiger partial charge on any atom is -0.314 e. The third-order valence-corrected chi connectivity index (χ3v) is 1.79. The lowest BCUT2D eigenvalue weighted by atomic mass is 10.1. The first-order valence-electron chi connectivity index (χ1n) is 3.32. The topological polar surface area (TPSA) is 26.0 Å². The van der Waals surface area contributed by atoms with Crippen molar-refractivity contribution in [1.29, 1.82) is 0 Å². The standard InChI is InChI=1S/C9H7ClFN/c1-2-9(12)6-3-4-7(10)8(11)5-6/h1,3-5,9H,12H2. The summed E-state index contributed by atoms with van der Waals surface area (Å²) in [5.41, 5.74) is 6.02. The van der Waals surface area contributed by atoms with Crippen LogP contribution in [0.2, 0.25) is 5.02 Å². The van der Waals surface area contributed by atoms with Crippen molar-refractivity contribution in [2.75, 3.05) is 0 Å². The molecule has 12 heavy (non-hydrogen) atoms. The van der Waals surface area contributed by atoms with E-state index in [-0.39, 0.29) is 5.02 Å². The molecule has 1 aromatic carbocycles. The van der Waals surface area contributed by atoms with Crippen molar-refractivity contribution >= 4 is 11.6 Å². The van der Waals surface area contributed by atoms with E-state index in [4.69, 9.17) is 23.8 Å². The highest BCUT2D eigenvalue weighted by atomic mass is 35.5. The van der Waals surface area contributed by atoms with Crippen LogP contribution in [0.1, 0.15) is 11.6 Å². The molecule has 0 saturated carbocycles. The maximum Gasteiger partial charge on any atom is 0.142 e. The molecule has 0 amide bonds. The monoisotopic (exact) mass is 183 g/mol. The molecule has 0 bridgehead atoms. The minimum atomic E-state index is -0.572. The van der Waals surface area contributed by atoms with Crippen molar-refractivity contribution in [3.63, 3.8) is 0 Å². The fraction of sp³-hybridized carbons (Fsp3) is 0.111. The lowest BCUT2D eigenvalue weighted by molar-refractivity contribution is 0.625. The average molecular weight is 184 g/mol. The van der Waals surface area contributed by atoms with Gasteiger partial charge in [-0.3, -0.25) is 0 Å². The van der Waals surface area contributed by atoms with Gasteiger partial charge in [-0.1, -0.05) is 23.6 Å². The molecule has 1 unspecified atom stereocenters. The average Bonchev–Trinajstić information content (AvgIpc) is 2.08. The molecule has 0 heterocycles. The van der Waals surface area contributed by atoms with Crippen molar-refractivity contribution in [2.24, 2.45) is 5.73 Å². The molecule has 1 aromatic rings. The summed E-state index contributed by atoms with van der Waals surface area (Å²) in [6.45, 7) is 0. The summed E-state index contributed by atoms with van der Waals surface area (Å²) in [7, 11) is 0. The first-order chi connectivity index (χ1) is 5.65. The molecule has 0 aliphatic rings. The predicted molar refractivity (Wildman–Crippen MR) is 47.2 cm³/mol. The Hall–Kier alpha value is -1.04. The van der Waals surface area contributed by atoms with Crippen LogP contribution < -0.4 is 5.73 Å². The van der Waals surface area contributed by atoms with Gasteiger partial charge in [-0.25, -0.2) is 4.39 Å². The first-order valence-corrected chi connectivity index (χ1v) is 3.69. The van der Waals surface area contributed by atoms with Crippen LogP contribution >= 0.6 is 11.6 Å². The Balaban J connectivity index is 3.06. The maximum absolute atomic E-state index is 12.8. The van der Waals surface area contributed by atoms with Gasteiger partial charge < -0.3 is 5.73 Å². The summed E-state index contributed by atoms with van der Waals surface area (Å²) in [4.78, 5) is 0. The molecular weight excluding hydrogens is 177 g/mol. The Morgan fingerprint density at radius 1 is 1.58 bits per heavy atom. The highest BCUT2D eigenvalue weighted by molar-refractivity contribution is 6.30. The van der Waals surface area contributed by atoms with Crippen molar-refractivity contribution in [1.82, 2.24) is 0 Å². The molecule has 1 rings (SSSR count). The number of halogens is 2. The first kappa shape index (κ1) is 9.05. The maximum atomic E-state index is 12.8. The zero-order chi connectivity index (χ0) is 9.14. The summed E-state index contributed by atoms with van der Waals surface area (Å²) >= 11 is 5.46. The van der Waals surface area contributed by atoms with Crippen LogP contribution in [-0.4, -0.2) is 0 Å². The van der Waals surface area contributed by atoms with Crippen molar-refractivity contribution in [3.8, 4) is 12.3 Å². The Bertz CT molecular complexity index is 330. The zero-order valence-electron chi connectivity index (χ0n) is 6.22. The van der Waals surface area contributed by atoms with Crippen LogP contribution in [0.5, 0.6) is 0 Å². The molecule has 0 spiro atoms. The molecule has 1 nitrogen and oxygen atoms in total. The van der Waals surface area contributed by atoms with Crippen LogP contribution in [0.15, 0.2) is 18.2 Å². The van der Waals surface area contributed by atoms with E-state index >= 15 is 0 Å². The van der Waals surface area contributed by atoms with Crippen LogP contribution in [0.25, 0.3) is 0 Å². The van der Waals surface area contributed by atoms with Crippen LogP contribution in [-0.2, 0) is 0 Å². The van der Waals surface area contributed by atoms with E-state index in [9.17, 15) is 4.39 Å². The van der Waals surface area contributed by atoms with Crippen LogP contribution in [0, 0.1) is 18.2 Å². The third kappa shape index (κ3) is 1.76. The molecule has 0 aromatic heterocycles. The third-order valence-electron chi connectivity index (χ3n) is 1.48. The molecule has 62 valence electrons. The van der Waals surface area contributed by atoms with Crippen LogP contribution in [0.4, 0.5) is 4.39 Å². The number of rotatable bonds is 1. The second-order valence-electron chi connectivity index (χ2n) is 2.32. The second-order valence-corrected chi connectivity index (χ2v) is 2.73. The van der Waals surface area contributed by atoms with E-state index in [0.29, 0.717) is 5.56 Å². The van der Waals surface area contributed by atoms with Gasteiger partial charge in [-0.2, -0.15) is 0 Å². The number of terminal acetylenes is 1. The summed E-state index contributed by atoms with van der Waals surface area (Å²) in [6, 6.07) is 3.71. The van der Waals surface area contributed by atoms with E-state index < -0.39 is 11.9 Å². The van der Waals surface area contributed by atoms with Gasteiger partial charge in [0.2, 0.25) is 0 Å². The number of hydrogen-bond donors (Lipinski definition) is 1. The van der Waals surface area contributed by atoms with E-state index in [2.05, 4.69) is 5.92 Å². The number of nitrogens with two attached hydrogens (primary N) is 1. The Morgan fingerprint density at radius 2 is 2.25 bits per heavy atom. The predicted octanol–water partition coefficient (Wildman–Crippen LogP) is 2.11. The molecule has 0 aliphatic carbocycles. The molecule has 0 radical (unpaired) electrons. The van der Waals surface area contributed by atoms with E-state index in [1.807, 2.05) is 0 Å². The van der Waals surface area contributed by atoms with Gasteiger partial charge in [-0.15, -0.1) is 6.42 Å². The van der Waals surface area contributed by atoms with E-state index in [1.54, 1.807) is 6.07 Å². The smallest absolute Gasteiger partial charge is 0.142 e. The van der Waals surface area contributed by atoms with E-state index in [1.165, 1.54) is 12.1 Å². The normalized spacial score (nSPS) is 12.2. The van der Waals surface area contributed by atoms with Crippen molar-refractivity contribution in [3.05, 3.63) is 34.6 Å². The summed E-state index contributed by atoms with van der Waals surface area (Å²) in [5, 5.41) is 0.0722. The Labute approximate surface area is 75.3 Å². The van der Waals surface area contributed by atoms with Gasteiger partial charge >= 0.3 is 0 Å². The lowest BCUT2D eigenvalue weighted by Crippen LogP contribution is -2.07. The van der Waals surface area contributed by atoms with Gasteiger partial charge in [-0.05, 0) is 17.7 Å². The zero-order valence-corrected chi connectivity index (χ0v) is 6.98. The summed E-state index contributed by atoms with van der Waals surface area (Å²) < 4.78 is 12.8. The Kier molecular flexibility index (Phi) is 2.69. The van der Waals surface area contributed by atoms with Gasteiger partial charge in [0.05, 0.1) is 11.1 Å². The van der Waals surface area contributed by atoms with Crippen LogP contribution in [0.3, 0.4) is 0 Å². The highest BCUT2D eigenvalue weighted by Crippen LogP contribution is 2.18. The number of benzene rings is 1. The fourth-order valence-corrected chi connectivity index (χ4v) is 0.920. The molecular formula is C9H7ClFN. The SMILES string of the molecule is C#CC(N)c1ccc(Cl)c(F)c1. The quantitative estimate of drug-likeness (QED) is 0.664. The lowest BCUT2D eigenvalue weighted by Gasteiger charge is -2.04. The molecule has 2 N–H and O–H groups in total.